The van der Waals surface area contributed by atoms with Crippen molar-refractivity contribution < 1.29 is 9.18 Å². The van der Waals surface area contributed by atoms with E-state index < -0.39 is 11.7 Å². The first-order valence-electron chi connectivity index (χ1n) is 6.95. The number of carbonyl (C=O) groups excluding carboxylic acids is 1. The monoisotopic (exact) mass is 348 g/mol. The van der Waals surface area contributed by atoms with E-state index in [1.165, 1.54) is 18.3 Å². The molecule has 1 unspecified atom stereocenters. The van der Waals surface area contributed by atoms with Gasteiger partial charge in [-0.15, -0.1) is 0 Å². The Kier molecular flexibility index (Phi) is 4.38. The topological polar surface area (TPSA) is 116 Å². The molecule has 0 fully saturated rings. The number of nitrogens with one attached hydrogen (secondary N) is 4. The third-order valence-electron chi connectivity index (χ3n) is 3.10. The van der Waals surface area contributed by atoms with Crippen molar-refractivity contribution in [3.63, 3.8) is 0 Å². The molecule has 3 aromatic rings. The number of carbonyl (C=O) groups is 1. The Labute approximate surface area is 139 Å². The molecule has 1 amide bonds. The minimum absolute atomic E-state index is 0.329. The predicted octanol–water partition coefficient (Wildman–Crippen LogP) is 1.93. The minimum Gasteiger partial charge on any atom is -0.342 e. The van der Waals surface area contributed by atoms with Crippen LogP contribution in [0, 0.1) is 5.82 Å². The van der Waals surface area contributed by atoms with Crippen molar-refractivity contribution in [2.24, 2.45) is 0 Å². The highest BCUT2D eigenvalue weighted by Crippen LogP contribution is 2.23. The second-order valence-corrected chi connectivity index (χ2v) is 5.95. The van der Waals surface area contributed by atoms with Gasteiger partial charge in [0.1, 0.15) is 10.7 Å². The van der Waals surface area contributed by atoms with Crippen LogP contribution in [0.3, 0.4) is 0 Å². The average Bonchev–Trinajstić information content (AvgIpc) is 3.19. The smallest absolute Gasteiger partial charge is 0.340 e. The maximum Gasteiger partial charge on any atom is 0.340 e. The van der Waals surface area contributed by atoms with Crippen LogP contribution in [0.25, 0.3) is 0 Å². The standard InChI is InChI=1S/C14H13FN6O2S/c1-7(11-19-13(23)21-20-11)17-12(22)10-6-16-14(24-10)18-9-4-2-8(15)3-5-9/h2-7H,1H3,(H,16,18)(H,17,22)(H2,19,20,21,23). The molecule has 8 nitrogen and oxygen atoms in total. The molecule has 3 rings (SSSR count). The number of anilines is 2. The van der Waals surface area contributed by atoms with Gasteiger partial charge in [0, 0.05) is 5.69 Å². The van der Waals surface area contributed by atoms with Gasteiger partial charge < -0.3 is 10.6 Å². The molecule has 0 aliphatic carbocycles. The van der Waals surface area contributed by atoms with Crippen LogP contribution in [0.5, 0.6) is 0 Å². The van der Waals surface area contributed by atoms with Crippen molar-refractivity contribution in [2.75, 3.05) is 5.32 Å². The molecule has 1 atom stereocenters. The number of hydrogen-bond donors (Lipinski definition) is 4. The van der Waals surface area contributed by atoms with Gasteiger partial charge in [-0.2, -0.15) is 5.10 Å². The van der Waals surface area contributed by atoms with Gasteiger partial charge in [0.15, 0.2) is 11.0 Å². The second-order valence-electron chi connectivity index (χ2n) is 4.92. The average molecular weight is 348 g/mol. The lowest BCUT2D eigenvalue weighted by Gasteiger charge is -2.09. The van der Waals surface area contributed by atoms with Gasteiger partial charge in [0.25, 0.3) is 5.91 Å². The van der Waals surface area contributed by atoms with Crippen molar-refractivity contribution in [3.8, 4) is 0 Å². The number of thiazole rings is 1. The molecule has 0 spiro atoms. The number of hydrogen-bond acceptors (Lipinski definition) is 6. The van der Waals surface area contributed by atoms with Gasteiger partial charge in [-0.25, -0.2) is 19.3 Å². The summed E-state index contributed by atoms with van der Waals surface area (Å²) in [6.45, 7) is 1.70. The van der Waals surface area contributed by atoms with E-state index in [0.29, 0.717) is 21.5 Å². The molecule has 4 N–H and O–H groups in total. The lowest BCUT2D eigenvalue weighted by Crippen LogP contribution is -2.26. The molecule has 0 radical (unpaired) electrons. The van der Waals surface area contributed by atoms with Gasteiger partial charge in [-0.05, 0) is 31.2 Å². The molecule has 2 aromatic heterocycles. The fraction of sp³-hybridized carbons (Fsp3) is 0.143. The third-order valence-corrected chi connectivity index (χ3v) is 4.01. The molecule has 10 heteroatoms. The lowest BCUT2D eigenvalue weighted by molar-refractivity contribution is 0.0942. The second kappa shape index (κ2) is 6.62. The van der Waals surface area contributed by atoms with Crippen LogP contribution < -0.4 is 16.3 Å². The van der Waals surface area contributed by atoms with Gasteiger partial charge in [-0.1, -0.05) is 11.3 Å². The zero-order valence-electron chi connectivity index (χ0n) is 12.5. The summed E-state index contributed by atoms with van der Waals surface area (Å²) in [6.07, 6.45) is 1.44. The molecule has 2 heterocycles. The molecule has 0 saturated carbocycles. The van der Waals surface area contributed by atoms with Crippen LogP contribution in [-0.2, 0) is 0 Å². The first kappa shape index (κ1) is 15.9. The highest BCUT2D eigenvalue weighted by atomic mass is 32.1. The Morgan fingerprint density at radius 1 is 1.33 bits per heavy atom. The fourth-order valence-corrected chi connectivity index (χ4v) is 2.66. The minimum atomic E-state index is -0.466. The fourth-order valence-electron chi connectivity index (χ4n) is 1.92. The molecular formula is C14H13FN6O2S. The van der Waals surface area contributed by atoms with Crippen LogP contribution >= 0.6 is 11.3 Å². The van der Waals surface area contributed by atoms with Crippen molar-refractivity contribution in [1.82, 2.24) is 25.5 Å². The van der Waals surface area contributed by atoms with E-state index in [-0.39, 0.29) is 11.7 Å². The number of halogens is 1. The Hall–Kier alpha value is -3.01. The van der Waals surface area contributed by atoms with Crippen LogP contribution in [0.15, 0.2) is 35.3 Å². The summed E-state index contributed by atoms with van der Waals surface area (Å²) in [5, 5.41) is 12.2. The van der Waals surface area contributed by atoms with E-state index in [1.807, 2.05) is 0 Å². The van der Waals surface area contributed by atoms with Gasteiger partial charge >= 0.3 is 5.69 Å². The van der Waals surface area contributed by atoms with E-state index in [0.717, 1.165) is 11.3 Å². The quantitative estimate of drug-likeness (QED) is 0.562. The first-order valence-corrected chi connectivity index (χ1v) is 7.77. The summed E-state index contributed by atoms with van der Waals surface area (Å²) < 4.78 is 12.9. The van der Waals surface area contributed by atoms with Crippen molar-refractivity contribution >= 4 is 28.1 Å². The van der Waals surface area contributed by atoms with Crippen molar-refractivity contribution in [1.29, 1.82) is 0 Å². The van der Waals surface area contributed by atoms with Gasteiger partial charge in [-0.3, -0.25) is 9.78 Å². The molecule has 0 aliphatic rings. The van der Waals surface area contributed by atoms with E-state index in [2.05, 4.69) is 30.8 Å². The van der Waals surface area contributed by atoms with E-state index >= 15 is 0 Å². The van der Waals surface area contributed by atoms with Crippen LogP contribution in [0.4, 0.5) is 15.2 Å². The van der Waals surface area contributed by atoms with Crippen LogP contribution in [0.2, 0.25) is 0 Å². The number of amides is 1. The largest absolute Gasteiger partial charge is 0.342 e. The maximum atomic E-state index is 12.9. The number of nitrogens with zero attached hydrogens (tertiary/aromatic N) is 2. The Bertz CT molecular complexity index is 900. The summed E-state index contributed by atoms with van der Waals surface area (Å²) in [6, 6.07) is 5.34. The molecule has 0 bridgehead atoms. The van der Waals surface area contributed by atoms with Gasteiger partial charge in [0.05, 0.1) is 12.2 Å². The molecule has 24 heavy (non-hydrogen) atoms. The number of benzene rings is 1. The summed E-state index contributed by atoms with van der Waals surface area (Å²) in [7, 11) is 0. The van der Waals surface area contributed by atoms with Crippen LogP contribution in [0.1, 0.15) is 28.5 Å². The highest BCUT2D eigenvalue weighted by Gasteiger charge is 2.16. The summed E-state index contributed by atoms with van der Waals surface area (Å²) >= 11 is 1.15. The summed E-state index contributed by atoms with van der Waals surface area (Å²) in [4.78, 5) is 30.2. The normalized spacial score (nSPS) is 11.9. The van der Waals surface area contributed by atoms with Crippen molar-refractivity contribution in [2.45, 2.75) is 13.0 Å². The van der Waals surface area contributed by atoms with E-state index in [4.69, 9.17) is 0 Å². The Balaban J connectivity index is 1.65. The summed E-state index contributed by atoms with van der Waals surface area (Å²) in [5.41, 5.74) is 0.231. The molecule has 0 aliphatic heterocycles. The Morgan fingerprint density at radius 2 is 2.08 bits per heavy atom. The SMILES string of the molecule is CC(NC(=O)c1cnc(Nc2ccc(F)cc2)s1)c1n[nH]c(=O)[nH]1. The van der Waals surface area contributed by atoms with Crippen LogP contribution in [-0.4, -0.2) is 26.1 Å². The lowest BCUT2D eigenvalue weighted by atomic mass is 10.3. The molecule has 0 saturated heterocycles. The third kappa shape index (κ3) is 3.66. The number of aromatic amines is 2. The van der Waals surface area contributed by atoms with E-state index in [9.17, 15) is 14.0 Å². The first-order chi connectivity index (χ1) is 11.5. The maximum absolute atomic E-state index is 12.9. The predicted molar refractivity (Wildman–Crippen MR) is 86.9 cm³/mol. The molecular weight excluding hydrogens is 335 g/mol. The van der Waals surface area contributed by atoms with Crippen molar-refractivity contribution in [3.05, 3.63) is 57.5 Å². The van der Waals surface area contributed by atoms with Gasteiger partial charge in [0.2, 0.25) is 0 Å². The number of rotatable bonds is 5. The zero-order chi connectivity index (χ0) is 17.1. The van der Waals surface area contributed by atoms with E-state index in [1.54, 1.807) is 19.1 Å². The summed E-state index contributed by atoms with van der Waals surface area (Å²) in [5.74, 6) is -0.330. The molecule has 124 valence electrons. The zero-order valence-corrected chi connectivity index (χ0v) is 13.3. The Morgan fingerprint density at radius 3 is 2.75 bits per heavy atom. The number of H-pyrrole nitrogens is 2. The number of aromatic nitrogens is 4. The molecule has 1 aromatic carbocycles. The highest BCUT2D eigenvalue weighted by molar-refractivity contribution is 7.17.